The molecule has 0 amide bonds. The van der Waals surface area contributed by atoms with Crippen molar-refractivity contribution in [2.45, 2.75) is 115 Å². The van der Waals surface area contributed by atoms with Gasteiger partial charge in [-0.05, 0) is 72.8 Å². The zero-order chi connectivity index (χ0) is 29.4. The van der Waals surface area contributed by atoms with Gasteiger partial charge in [-0.3, -0.25) is 0 Å². The van der Waals surface area contributed by atoms with E-state index in [-0.39, 0.29) is 46.3 Å². The van der Waals surface area contributed by atoms with E-state index in [2.05, 4.69) is 46.8 Å². The minimum Gasteiger partial charge on any atom is -0.390 e. The molecular weight excluding hydrogens is 526 g/mol. The van der Waals surface area contributed by atoms with Gasteiger partial charge in [-0.1, -0.05) is 84.2 Å². The van der Waals surface area contributed by atoms with Crippen molar-refractivity contribution in [3.8, 4) is 5.69 Å². The van der Waals surface area contributed by atoms with Gasteiger partial charge in [0.25, 0.3) is 0 Å². The predicted octanol–water partition coefficient (Wildman–Crippen LogP) is 5.22. The number of nitrogens with zero attached hydrogens (tertiary/aromatic N) is 3. The molecule has 4 heterocycles. The molecule has 42 heavy (non-hydrogen) atoms. The highest BCUT2D eigenvalue weighted by Crippen LogP contribution is 2.76. The molecule has 9 rings (SSSR count). The SMILES string of the molecule is CC(C)CCC[C@@H](C)[C@H]1CC[C@@H]2[C@]1(C)CC[C@H]1[C@]23C=C[C@]2(C[C@@H](O)[C@@H]4O[C@@H]4[C@]12C)n1c(=O)n(-c2ccccc2)c(=O)n13. The Hall–Kier alpha value is -2.38. The molecule has 7 heteroatoms. The Morgan fingerprint density at radius 3 is 2.43 bits per heavy atom. The standard InChI is InChI=1S/C35H47N3O4/c1-21(2)10-9-11-22(3)24-14-15-26-32(24,4)17-16-27-33(5)29-28(42-29)25(39)20-34(33)18-19-35(26,27)38-31(41)36(30(40)37(34)38)23-12-7-6-8-13-23/h6-8,12-13,18-19,21-22,24-29,39H,9-11,14-17,20H2,1-5H3/t22-,24-,25-,26-,27-,28+,29+,32-,33+,34-,35+/m1/s1. The fourth-order valence-corrected chi connectivity index (χ4v) is 11.8. The molecule has 2 spiro atoms. The molecule has 0 unspecified atom stereocenters. The predicted molar refractivity (Wildman–Crippen MR) is 162 cm³/mol. The van der Waals surface area contributed by atoms with Crippen molar-refractivity contribution >= 4 is 0 Å². The Balaban J connectivity index is 1.33. The van der Waals surface area contributed by atoms with Crippen LogP contribution in [0.15, 0.2) is 52.1 Å². The second-order valence-electron chi connectivity index (χ2n) is 15.7. The van der Waals surface area contributed by atoms with E-state index in [0.29, 0.717) is 23.9 Å². The van der Waals surface area contributed by atoms with Crippen LogP contribution in [0.5, 0.6) is 0 Å². The van der Waals surface area contributed by atoms with Crippen LogP contribution in [0.1, 0.15) is 86.0 Å². The van der Waals surface area contributed by atoms with Crippen molar-refractivity contribution < 1.29 is 9.84 Å². The number of aromatic nitrogens is 3. The topological polar surface area (TPSA) is 81.7 Å². The number of aliphatic hydroxyl groups excluding tert-OH is 1. The Labute approximate surface area is 248 Å². The maximum Gasteiger partial charge on any atom is 0.352 e. The maximum atomic E-state index is 14.7. The molecule has 11 atom stereocenters. The lowest BCUT2D eigenvalue weighted by molar-refractivity contribution is -0.194. The number of para-hydroxylation sites is 1. The summed E-state index contributed by atoms with van der Waals surface area (Å²) in [7, 11) is 0. The molecule has 2 bridgehead atoms. The van der Waals surface area contributed by atoms with E-state index in [4.69, 9.17) is 4.74 Å². The molecular formula is C35H47N3O4. The van der Waals surface area contributed by atoms with E-state index in [9.17, 15) is 14.7 Å². The first-order chi connectivity index (χ1) is 20.0. The van der Waals surface area contributed by atoms with Gasteiger partial charge in [-0.25, -0.2) is 23.5 Å². The lowest BCUT2D eigenvalue weighted by atomic mass is 9.40. The molecule has 2 aromatic rings. The summed E-state index contributed by atoms with van der Waals surface area (Å²) in [6.07, 6.45) is 12.2. The van der Waals surface area contributed by atoms with Gasteiger partial charge in [0.2, 0.25) is 0 Å². The normalized spacial score (nSPS) is 44.7. The van der Waals surface area contributed by atoms with Crippen molar-refractivity contribution in [1.29, 1.82) is 0 Å². The third kappa shape index (κ3) is 3.00. The number of benzene rings is 1. The van der Waals surface area contributed by atoms with Crippen LogP contribution in [0.3, 0.4) is 0 Å². The molecule has 3 aliphatic heterocycles. The molecule has 3 saturated carbocycles. The number of hydrogen-bond donors (Lipinski definition) is 1. The number of epoxide rings is 1. The van der Waals surface area contributed by atoms with E-state index < -0.39 is 17.2 Å². The highest BCUT2D eigenvalue weighted by molar-refractivity contribution is 5.40. The smallest absolute Gasteiger partial charge is 0.352 e. The molecule has 1 aromatic carbocycles. The molecule has 1 saturated heterocycles. The van der Waals surface area contributed by atoms with E-state index >= 15 is 0 Å². The van der Waals surface area contributed by atoms with E-state index in [1.807, 2.05) is 39.7 Å². The summed E-state index contributed by atoms with van der Waals surface area (Å²) < 4.78 is 11.4. The second kappa shape index (κ2) is 8.62. The zero-order valence-electron chi connectivity index (χ0n) is 25.8. The van der Waals surface area contributed by atoms with Crippen molar-refractivity contribution in [3.05, 3.63) is 63.5 Å². The van der Waals surface area contributed by atoms with Crippen LogP contribution in [0.25, 0.3) is 5.69 Å². The maximum absolute atomic E-state index is 14.7. The lowest BCUT2D eigenvalue weighted by Gasteiger charge is -2.70. The fraction of sp³-hybridized carbons (Fsp3) is 0.714. The lowest BCUT2D eigenvalue weighted by Crippen LogP contribution is -2.78. The number of hydrogen-bond acceptors (Lipinski definition) is 4. The Morgan fingerprint density at radius 2 is 1.69 bits per heavy atom. The van der Waals surface area contributed by atoms with Crippen molar-refractivity contribution in [2.75, 3.05) is 0 Å². The third-order valence-corrected chi connectivity index (χ3v) is 13.6. The van der Waals surface area contributed by atoms with Crippen LogP contribution in [0.4, 0.5) is 0 Å². The van der Waals surface area contributed by atoms with Crippen LogP contribution in [-0.4, -0.2) is 37.3 Å². The highest BCUT2D eigenvalue weighted by Gasteiger charge is 2.81. The van der Waals surface area contributed by atoms with Gasteiger partial charge in [0.05, 0.1) is 29.0 Å². The van der Waals surface area contributed by atoms with Gasteiger partial charge in [-0.2, -0.15) is 0 Å². The van der Waals surface area contributed by atoms with Crippen molar-refractivity contribution in [3.63, 3.8) is 0 Å². The molecule has 7 aliphatic rings. The molecule has 1 N–H and O–H groups in total. The zero-order valence-corrected chi connectivity index (χ0v) is 25.8. The minimum atomic E-state index is -0.803. The van der Waals surface area contributed by atoms with Gasteiger partial charge in [-0.15, -0.1) is 0 Å². The van der Waals surface area contributed by atoms with Crippen LogP contribution in [0, 0.1) is 40.4 Å². The number of rotatable bonds is 6. The summed E-state index contributed by atoms with van der Waals surface area (Å²) in [5, 5.41) is 11.2. The minimum absolute atomic E-state index is 0.0823. The number of aliphatic hydroxyl groups is 1. The molecule has 1 aromatic heterocycles. The van der Waals surface area contributed by atoms with Gasteiger partial charge >= 0.3 is 11.4 Å². The van der Waals surface area contributed by atoms with E-state index in [1.165, 1.54) is 30.3 Å². The highest BCUT2D eigenvalue weighted by atomic mass is 16.6. The van der Waals surface area contributed by atoms with Crippen LogP contribution in [-0.2, 0) is 15.8 Å². The second-order valence-corrected chi connectivity index (χ2v) is 15.7. The van der Waals surface area contributed by atoms with Crippen LogP contribution in [0.2, 0.25) is 0 Å². The monoisotopic (exact) mass is 573 g/mol. The van der Waals surface area contributed by atoms with Crippen LogP contribution >= 0.6 is 0 Å². The molecule has 7 nitrogen and oxygen atoms in total. The summed E-state index contributed by atoms with van der Waals surface area (Å²) >= 11 is 0. The van der Waals surface area contributed by atoms with E-state index in [1.54, 1.807) is 0 Å². The van der Waals surface area contributed by atoms with Crippen LogP contribution < -0.4 is 11.4 Å². The van der Waals surface area contributed by atoms with Gasteiger partial charge in [0.15, 0.2) is 0 Å². The molecule has 226 valence electrons. The number of fused-ring (bicyclic) bond motifs is 2. The first kappa shape index (κ1) is 27.2. The molecule has 0 radical (unpaired) electrons. The van der Waals surface area contributed by atoms with Gasteiger partial charge in [0, 0.05) is 11.8 Å². The molecule has 4 aliphatic carbocycles. The van der Waals surface area contributed by atoms with Gasteiger partial charge in [0.1, 0.15) is 6.10 Å². The quantitative estimate of drug-likeness (QED) is 0.380. The first-order valence-corrected chi connectivity index (χ1v) is 16.6. The molecule has 4 fully saturated rings. The Bertz CT molecular complexity index is 1570. The third-order valence-electron chi connectivity index (χ3n) is 13.6. The average Bonchev–Trinajstić information content (AvgIpc) is 3.63. The largest absolute Gasteiger partial charge is 0.390 e. The van der Waals surface area contributed by atoms with E-state index in [0.717, 1.165) is 25.2 Å². The summed E-state index contributed by atoms with van der Waals surface area (Å²) in [6, 6.07) is 9.37. The summed E-state index contributed by atoms with van der Waals surface area (Å²) in [6.45, 7) is 11.9. The Morgan fingerprint density at radius 1 is 0.952 bits per heavy atom. The number of ether oxygens (including phenoxy) is 1. The van der Waals surface area contributed by atoms with Crippen molar-refractivity contribution in [1.82, 2.24) is 13.9 Å². The van der Waals surface area contributed by atoms with Crippen molar-refractivity contribution in [2.24, 2.45) is 40.4 Å². The van der Waals surface area contributed by atoms with Gasteiger partial charge < -0.3 is 9.84 Å². The number of allylic oxidation sites excluding steroid dienone is 2. The first-order valence-electron chi connectivity index (χ1n) is 16.6. The fourth-order valence-electron chi connectivity index (χ4n) is 11.8. The Kier molecular flexibility index (Phi) is 5.58. The summed E-state index contributed by atoms with van der Waals surface area (Å²) in [5.74, 6) is 2.38. The average molecular weight is 574 g/mol. The summed E-state index contributed by atoms with van der Waals surface area (Å²) in [5.41, 5.74) is -1.63. The summed E-state index contributed by atoms with van der Waals surface area (Å²) in [4.78, 5) is 29.3.